The van der Waals surface area contributed by atoms with Gasteiger partial charge in [0.05, 0.1) is 5.92 Å². The van der Waals surface area contributed by atoms with Crippen LogP contribution < -0.4 is 10.6 Å². The first-order chi connectivity index (χ1) is 7.63. The van der Waals surface area contributed by atoms with E-state index in [4.69, 9.17) is 0 Å². The van der Waals surface area contributed by atoms with Crippen LogP contribution in [0.5, 0.6) is 0 Å². The minimum absolute atomic E-state index is 0.188. The fraction of sp³-hybridized carbons (Fsp3) is 0.923. The zero-order valence-electron chi connectivity index (χ0n) is 10.9. The Kier molecular flexibility index (Phi) is 5.81. The Hall–Kier alpha value is -0.570. The van der Waals surface area contributed by atoms with Crippen LogP contribution in [-0.2, 0) is 4.79 Å². The predicted molar refractivity (Wildman–Crippen MR) is 67.3 cm³/mol. The highest BCUT2D eigenvalue weighted by atomic mass is 16.1. The van der Waals surface area contributed by atoms with Crippen molar-refractivity contribution in [2.24, 2.45) is 11.8 Å². The average Bonchev–Trinajstić information content (AvgIpc) is 2.29. The summed E-state index contributed by atoms with van der Waals surface area (Å²) in [5.41, 5.74) is 0. The molecule has 0 aromatic heterocycles. The molecule has 0 saturated carbocycles. The number of nitrogens with one attached hydrogen (secondary N) is 2. The predicted octanol–water partition coefficient (Wildman–Crippen LogP) is 1.93. The van der Waals surface area contributed by atoms with E-state index in [2.05, 4.69) is 31.4 Å². The SMILES string of the molecule is CCC(C)CC(C)NC(=O)C1CCCNC1. The second-order valence-electron chi connectivity index (χ2n) is 5.20. The first-order valence-electron chi connectivity index (χ1n) is 6.64. The minimum Gasteiger partial charge on any atom is -0.353 e. The maximum atomic E-state index is 11.9. The summed E-state index contributed by atoms with van der Waals surface area (Å²) in [7, 11) is 0. The van der Waals surface area contributed by atoms with E-state index < -0.39 is 0 Å². The van der Waals surface area contributed by atoms with Crippen LogP contribution in [0.3, 0.4) is 0 Å². The molecule has 1 aliphatic heterocycles. The summed E-state index contributed by atoms with van der Waals surface area (Å²) in [5, 5.41) is 6.42. The van der Waals surface area contributed by atoms with Crippen molar-refractivity contribution in [3.63, 3.8) is 0 Å². The number of amides is 1. The highest BCUT2D eigenvalue weighted by Gasteiger charge is 2.22. The monoisotopic (exact) mass is 226 g/mol. The van der Waals surface area contributed by atoms with Gasteiger partial charge in [-0.05, 0) is 38.6 Å². The lowest BCUT2D eigenvalue weighted by molar-refractivity contribution is -0.126. The molecule has 0 bridgehead atoms. The van der Waals surface area contributed by atoms with Crippen molar-refractivity contribution >= 4 is 5.91 Å². The number of carbonyl (C=O) groups is 1. The second-order valence-corrected chi connectivity index (χ2v) is 5.20. The zero-order chi connectivity index (χ0) is 12.0. The summed E-state index contributed by atoms with van der Waals surface area (Å²) < 4.78 is 0. The third-order valence-electron chi connectivity index (χ3n) is 3.51. The molecular weight excluding hydrogens is 200 g/mol. The van der Waals surface area contributed by atoms with Crippen LogP contribution in [0.15, 0.2) is 0 Å². The van der Waals surface area contributed by atoms with Gasteiger partial charge in [-0.1, -0.05) is 20.3 Å². The highest BCUT2D eigenvalue weighted by molar-refractivity contribution is 5.79. The maximum absolute atomic E-state index is 11.9. The van der Waals surface area contributed by atoms with Crippen LogP contribution >= 0.6 is 0 Å². The summed E-state index contributed by atoms with van der Waals surface area (Å²) in [6.45, 7) is 8.46. The van der Waals surface area contributed by atoms with E-state index in [1.165, 1.54) is 6.42 Å². The van der Waals surface area contributed by atoms with Crippen LogP contribution in [0.1, 0.15) is 46.5 Å². The van der Waals surface area contributed by atoms with E-state index in [0.717, 1.165) is 32.4 Å². The van der Waals surface area contributed by atoms with Crippen LogP contribution in [0.4, 0.5) is 0 Å². The topological polar surface area (TPSA) is 41.1 Å². The molecule has 94 valence electrons. The van der Waals surface area contributed by atoms with Gasteiger partial charge in [0.15, 0.2) is 0 Å². The molecule has 1 aliphatic rings. The molecule has 0 aromatic carbocycles. The summed E-state index contributed by atoms with van der Waals surface area (Å²) in [6.07, 6.45) is 4.43. The zero-order valence-corrected chi connectivity index (χ0v) is 10.9. The average molecular weight is 226 g/mol. The van der Waals surface area contributed by atoms with Crippen molar-refractivity contribution < 1.29 is 4.79 Å². The molecule has 16 heavy (non-hydrogen) atoms. The lowest BCUT2D eigenvalue weighted by atomic mass is 9.96. The van der Waals surface area contributed by atoms with E-state index in [1.807, 2.05) is 0 Å². The van der Waals surface area contributed by atoms with E-state index in [9.17, 15) is 4.79 Å². The third-order valence-corrected chi connectivity index (χ3v) is 3.51. The summed E-state index contributed by atoms with van der Waals surface area (Å²) in [6, 6.07) is 0.310. The van der Waals surface area contributed by atoms with Gasteiger partial charge in [-0.2, -0.15) is 0 Å². The molecule has 3 nitrogen and oxygen atoms in total. The van der Waals surface area contributed by atoms with Gasteiger partial charge in [0.25, 0.3) is 0 Å². The lowest BCUT2D eigenvalue weighted by Gasteiger charge is -2.25. The largest absolute Gasteiger partial charge is 0.353 e. The molecule has 0 spiro atoms. The van der Waals surface area contributed by atoms with E-state index in [-0.39, 0.29) is 11.8 Å². The fourth-order valence-corrected chi connectivity index (χ4v) is 2.27. The Morgan fingerprint density at radius 2 is 2.25 bits per heavy atom. The van der Waals surface area contributed by atoms with Crippen molar-refractivity contribution in [3.05, 3.63) is 0 Å². The number of carbonyl (C=O) groups excluding carboxylic acids is 1. The first-order valence-corrected chi connectivity index (χ1v) is 6.64. The van der Waals surface area contributed by atoms with Gasteiger partial charge in [0, 0.05) is 12.6 Å². The molecule has 0 aromatic rings. The number of rotatable bonds is 5. The smallest absolute Gasteiger partial charge is 0.224 e. The Morgan fingerprint density at radius 1 is 1.50 bits per heavy atom. The highest BCUT2D eigenvalue weighted by Crippen LogP contribution is 2.13. The number of piperidine rings is 1. The molecule has 1 fully saturated rings. The Morgan fingerprint density at radius 3 is 2.81 bits per heavy atom. The van der Waals surface area contributed by atoms with Crippen LogP contribution in [0.25, 0.3) is 0 Å². The molecule has 1 amide bonds. The summed E-state index contributed by atoms with van der Waals surface area (Å²) in [4.78, 5) is 11.9. The van der Waals surface area contributed by atoms with Crippen molar-refractivity contribution in [2.45, 2.75) is 52.5 Å². The van der Waals surface area contributed by atoms with E-state index in [1.54, 1.807) is 0 Å². The Bertz CT molecular complexity index is 212. The quantitative estimate of drug-likeness (QED) is 0.752. The Labute approximate surface area is 99.4 Å². The second kappa shape index (κ2) is 6.89. The summed E-state index contributed by atoms with van der Waals surface area (Å²) >= 11 is 0. The molecule has 2 N–H and O–H groups in total. The molecule has 3 unspecified atom stereocenters. The van der Waals surface area contributed by atoms with Crippen LogP contribution in [-0.4, -0.2) is 25.0 Å². The number of hydrogen-bond acceptors (Lipinski definition) is 2. The van der Waals surface area contributed by atoms with Crippen LogP contribution in [0, 0.1) is 11.8 Å². The van der Waals surface area contributed by atoms with Crippen molar-refractivity contribution in [3.8, 4) is 0 Å². The van der Waals surface area contributed by atoms with Crippen molar-refractivity contribution in [1.29, 1.82) is 0 Å². The molecule has 1 heterocycles. The molecule has 3 atom stereocenters. The lowest BCUT2D eigenvalue weighted by Crippen LogP contribution is -2.43. The molecule has 0 radical (unpaired) electrons. The van der Waals surface area contributed by atoms with Crippen molar-refractivity contribution in [2.75, 3.05) is 13.1 Å². The fourth-order valence-electron chi connectivity index (χ4n) is 2.27. The molecule has 3 heteroatoms. The minimum atomic E-state index is 0.188. The molecule has 1 rings (SSSR count). The third kappa shape index (κ3) is 4.52. The van der Waals surface area contributed by atoms with Gasteiger partial charge >= 0.3 is 0 Å². The van der Waals surface area contributed by atoms with E-state index in [0.29, 0.717) is 12.0 Å². The maximum Gasteiger partial charge on any atom is 0.224 e. The molecule has 0 aliphatic carbocycles. The van der Waals surface area contributed by atoms with Gasteiger partial charge in [-0.3, -0.25) is 4.79 Å². The van der Waals surface area contributed by atoms with Gasteiger partial charge in [0.2, 0.25) is 5.91 Å². The molecular formula is C13H26N2O. The van der Waals surface area contributed by atoms with Gasteiger partial charge in [0.1, 0.15) is 0 Å². The van der Waals surface area contributed by atoms with Crippen LogP contribution in [0.2, 0.25) is 0 Å². The summed E-state index contributed by atoms with van der Waals surface area (Å²) in [5.74, 6) is 1.12. The molecule has 1 saturated heterocycles. The first kappa shape index (κ1) is 13.5. The normalized spacial score (nSPS) is 24.8. The Balaban J connectivity index is 2.26. The van der Waals surface area contributed by atoms with Gasteiger partial charge in [-0.25, -0.2) is 0 Å². The van der Waals surface area contributed by atoms with E-state index >= 15 is 0 Å². The number of hydrogen-bond donors (Lipinski definition) is 2. The standard InChI is InChI=1S/C13H26N2O/c1-4-10(2)8-11(3)15-13(16)12-6-5-7-14-9-12/h10-12,14H,4-9H2,1-3H3,(H,15,16). The van der Waals surface area contributed by atoms with Gasteiger partial charge in [-0.15, -0.1) is 0 Å². The van der Waals surface area contributed by atoms with Gasteiger partial charge < -0.3 is 10.6 Å². The van der Waals surface area contributed by atoms with Crippen molar-refractivity contribution in [1.82, 2.24) is 10.6 Å².